The predicted molar refractivity (Wildman–Crippen MR) is 167 cm³/mol. The number of aldehydes is 1. The van der Waals surface area contributed by atoms with Crippen molar-refractivity contribution in [3.63, 3.8) is 0 Å². The lowest BCUT2D eigenvalue weighted by Gasteiger charge is -2.61. The van der Waals surface area contributed by atoms with Crippen molar-refractivity contribution in [1.29, 1.82) is 0 Å². The van der Waals surface area contributed by atoms with Gasteiger partial charge in [0, 0.05) is 37.3 Å². The van der Waals surface area contributed by atoms with Gasteiger partial charge in [-0.05, 0) is 89.7 Å². The van der Waals surface area contributed by atoms with Gasteiger partial charge in [-0.15, -0.1) is 0 Å². The molecule has 2 bridgehead atoms. The van der Waals surface area contributed by atoms with E-state index in [4.69, 9.17) is 14.2 Å². The van der Waals surface area contributed by atoms with Gasteiger partial charge in [0.1, 0.15) is 18.5 Å². The second-order valence-corrected chi connectivity index (χ2v) is 14.1. The molecule has 3 N–H and O–H groups in total. The van der Waals surface area contributed by atoms with Crippen LogP contribution >= 0.6 is 22.6 Å². The minimum atomic E-state index is -1.14. The van der Waals surface area contributed by atoms with E-state index in [1.165, 1.54) is 7.11 Å². The van der Waals surface area contributed by atoms with E-state index in [1.807, 2.05) is 27.5 Å². The summed E-state index contributed by atoms with van der Waals surface area (Å²) in [4.78, 5) is 40.7. The van der Waals surface area contributed by atoms with Crippen molar-refractivity contribution in [1.82, 2.24) is 10.2 Å². The number of hydrogen-bond acceptors (Lipinski definition) is 8. The quantitative estimate of drug-likeness (QED) is 0.236. The number of nitrogens with one attached hydrogen (secondary N) is 1. The van der Waals surface area contributed by atoms with Gasteiger partial charge in [-0.2, -0.15) is 0 Å². The van der Waals surface area contributed by atoms with Crippen molar-refractivity contribution in [2.75, 3.05) is 40.0 Å². The zero-order chi connectivity index (χ0) is 30.9. The molecule has 2 amide bonds. The van der Waals surface area contributed by atoms with Crippen molar-refractivity contribution < 1.29 is 38.8 Å². The van der Waals surface area contributed by atoms with Crippen LogP contribution in [0.1, 0.15) is 56.3 Å². The molecule has 0 spiro atoms. The topological polar surface area (TPSA) is 135 Å². The van der Waals surface area contributed by atoms with Crippen molar-refractivity contribution in [3.8, 4) is 11.5 Å². The molecule has 3 saturated carbocycles. The lowest BCUT2D eigenvalue weighted by atomic mass is 9.45. The Balaban J connectivity index is 1.49. The Labute approximate surface area is 266 Å². The highest BCUT2D eigenvalue weighted by atomic mass is 127. The van der Waals surface area contributed by atoms with E-state index in [1.54, 1.807) is 18.2 Å². The van der Waals surface area contributed by atoms with Gasteiger partial charge in [-0.3, -0.25) is 14.4 Å². The molecule has 7 atom stereocenters. The molecule has 10 nitrogen and oxygen atoms in total. The van der Waals surface area contributed by atoms with E-state index >= 15 is 0 Å². The number of nitrogens with zero attached hydrogens (tertiary/aromatic N) is 1. The van der Waals surface area contributed by atoms with Gasteiger partial charge in [0.25, 0.3) is 0 Å². The average Bonchev–Trinajstić information content (AvgIpc) is 3.55. The highest BCUT2D eigenvalue weighted by Gasteiger charge is 2.55. The maximum absolute atomic E-state index is 14.2. The molecule has 5 aliphatic rings. The predicted octanol–water partition coefficient (Wildman–Crippen LogP) is 2.97. The first-order valence-electron chi connectivity index (χ1n) is 15.2. The molecule has 4 aliphatic carbocycles. The fourth-order valence-electron chi connectivity index (χ4n) is 7.62. The number of carbonyl (C=O) groups excluding carboxylic acids is 3. The van der Waals surface area contributed by atoms with E-state index in [-0.39, 0.29) is 42.7 Å². The van der Waals surface area contributed by atoms with E-state index in [9.17, 15) is 24.6 Å². The van der Waals surface area contributed by atoms with Crippen LogP contribution in [-0.2, 0) is 14.3 Å². The first-order valence-corrected chi connectivity index (χ1v) is 16.3. The third-order valence-electron chi connectivity index (χ3n) is 10.3. The molecule has 4 fully saturated rings. The standard InChI is InChI=1S/C32H43IN2O8/c1-32(2)22-5-4-19(23(32)14-22)15-35(31(40)20-6-9-42-17-20)25-12-21(30(39)34-7-8-36)13-26(28(25)38)43-29-24(33)10-18(16-37)11-27(29)41-3/h10-11,13,16,19-20,22-23,25-26,28,36,38H,4-9,12,14-15,17H2,1-3H3,(H,34,39). The maximum Gasteiger partial charge on any atom is 0.247 e. The third kappa shape index (κ3) is 6.46. The Bertz CT molecular complexity index is 1240. The summed E-state index contributed by atoms with van der Waals surface area (Å²) in [5.74, 6) is 1.43. The highest BCUT2D eigenvalue weighted by Crippen LogP contribution is 2.61. The van der Waals surface area contributed by atoms with E-state index in [2.05, 4.69) is 19.2 Å². The second-order valence-electron chi connectivity index (χ2n) is 12.9. The molecule has 1 heterocycles. The van der Waals surface area contributed by atoms with Crippen LogP contribution in [0.4, 0.5) is 0 Å². The molecule has 1 aromatic rings. The normalized spacial score (nSPS) is 30.9. The first-order chi connectivity index (χ1) is 20.6. The van der Waals surface area contributed by atoms with Crippen LogP contribution in [0.15, 0.2) is 23.8 Å². The fraction of sp³-hybridized carbons (Fsp3) is 0.656. The van der Waals surface area contributed by atoms with Gasteiger partial charge in [0.05, 0.1) is 35.9 Å². The smallest absolute Gasteiger partial charge is 0.247 e. The van der Waals surface area contributed by atoms with Gasteiger partial charge < -0.3 is 34.6 Å². The van der Waals surface area contributed by atoms with Gasteiger partial charge >= 0.3 is 0 Å². The number of halogens is 1. The van der Waals surface area contributed by atoms with Gasteiger partial charge in [0.2, 0.25) is 11.8 Å². The van der Waals surface area contributed by atoms with E-state index in [0.29, 0.717) is 70.1 Å². The number of hydrogen-bond donors (Lipinski definition) is 3. The van der Waals surface area contributed by atoms with Gasteiger partial charge in [-0.1, -0.05) is 13.8 Å². The van der Waals surface area contributed by atoms with Crippen molar-refractivity contribution in [2.24, 2.45) is 29.1 Å². The monoisotopic (exact) mass is 710 g/mol. The maximum atomic E-state index is 14.2. The van der Waals surface area contributed by atoms with Crippen molar-refractivity contribution in [2.45, 2.75) is 64.2 Å². The number of aliphatic hydroxyl groups excluding tert-OH is 2. The molecule has 11 heteroatoms. The van der Waals surface area contributed by atoms with Crippen LogP contribution in [-0.4, -0.2) is 91.5 Å². The molecular formula is C32H43IN2O8. The lowest BCUT2D eigenvalue weighted by Crippen LogP contribution is -2.60. The number of amides is 2. The highest BCUT2D eigenvalue weighted by molar-refractivity contribution is 14.1. The van der Waals surface area contributed by atoms with Gasteiger partial charge in [-0.25, -0.2) is 0 Å². The Kier molecular flexibility index (Phi) is 10.0. The summed E-state index contributed by atoms with van der Waals surface area (Å²) >= 11 is 2.05. The molecule has 43 heavy (non-hydrogen) atoms. The summed E-state index contributed by atoms with van der Waals surface area (Å²) in [6, 6.07) is 2.50. The van der Waals surface area contributed by atoms with E-state index < -0.39 is 18.2 Å². The zero-order valence-electron chi connectivity index (χ0n) is 25.1. The number of carbonyl (C=O) groups is 3. The van der Waals surface area contributed by atoms with E-state index in [0.717, 1.165) is 25.5 Å². The number of methoxy groups -OCH3 is 1. The molecule has 0 aromatic heterocycles. The SMILES string of the molecule is COc1cc(C=O)cc(I)c1OC1C=C(C(=O)NCCO)CC(N(CC2CCC3CC2C3(C)C)C(=O)C2CCOC2)C1O. The number of fused-ring (bicyclic) bond motifs is 2. The summed E-state index contributed by atoms with van der Waals surface area (Å²) in [6.07, 6.45) is 4.29. The lowest BCUT2D eigenvalue weighted by molar-refractivity contribution is -0.151. The summed E-state index contributed by atoms with van der Waals surface area (Å²) < 4.78 is 18.1. The number of ether oxygens (including phenoxy) is 3. The summed E-state index contributed by atoms with van der Waals surface area (Å²) in [6.45, 7) is 5.89. The molecule has 1 saturated heterocycles. The Hall–Kier alpha value is -2.22. The fourth-order valence-corrected chi connectivity index (χ4v) is 8.38. The number of benzene rings is 1. The molecule has 1 aliphatic heterocycles. The minimum absolute atomic E-state index is 0.0564. The molecule has 7 unspecified atom stereocenters. The van der Waals surface area contributed by atoms with Gasteiger partial charge in [0.15, 0.2) is 11.5 Å². The second kappa shape index (κ2) is 13.4. The summed E-state index contributed by atoms with van der Waals surface area (Å²) in [5, 5.41) is 24.0. The molecule has 0 radical (unpaired) electrons. The Morgan fingerprint density at radius 3 is 2.67 bits per heavy atom. The van der Waals surface area contributed by atoms with Crippen LogP contribution in [0.3, 0.4) is 0 Å². The Morgan fingerprint density at radius 2 is 2.05 bits per heavy atom. The van der Waals surface area contributed by atoms with Crippen molar-refractivity contribution in [3.05, 3.63) is 32.9 Å². The van der Waals surface area contributed by atoms with Crippen LogP contribution in [0, 0.1) is 32.7 Å². The Morgan fingerprint density at radius 1 is 1.26 bits per heavy atom. The van der Waals surface area contributed by atoms with Crippen LogP contribution in [0.25, 0.3) is 0 Å². The number of aliphatic hydroxyl groups is 2. The summed E-state index contributed by atoms with van der Waals surface area (Å²) in [5.41, 5.74) is 1.01. The molecule has 6 rings (SSSR count). The average molecular weight is 711 g/mol. The summed E-state index contributed by atoms with van der Waals surface area (Å²) in [7, 11) is 1.47. The van der Waals surface area contributed by atoms with Crippen LogP contribution in [0.5, 0.6) is 11.5 Å². The van der Waals surface area contributed by atoms with Crippen LogP contribution < -0.4 is 14.8 Å². The first kappa shape index (κ1) is 32.2. The number of rotatable bonds is 11. The van der Waals surface area contributed by atoms with Crippen molar-refractivity contribution >= 4 is 40.7 Å². The molecular weight excluding hydrogens is 667 g/mol. The minimum Gasteiger partial charge on any atom is -0.493 e. The van der Waals surface area contributed by atoms with Crippen LogP contribution in [0.2, 0.25) is 0 Å². The molecule has 236 valence electrons. The third-order valence-corrected chi connectivity index (χ3v) is 11.1. The zero-order valence-corrected chi connectivity index (χ0v) is 27.2. The molecule has 1 aromatic carbocycles. The largest absolute Gasteiger partial charge is 0.493 e.